The number of hydrogen-bond donors (Lipinski definition) is 0. The SMILES string of the molecule is CC(C)(C)[Si](C)(C)OCc1sccc1Br. The Labute approximate surface area is 106 Å². The summed E-state index contributed by atoms with van der Waals surface area (Å²) in [5.41, 5.74) is 0. The third-order valence-electron chi connectivity index (χ3n) is 3.06. The number of thiophene rings is 1. The van der Waals surface area contributed by atoms with E-state index in [4.69, 9.17) is 4.43 Å². The molecule has 0 aliphatic heterocycles. The van der Waals surface area contributed by atoms with Gasteiger partial charge in [-0.2, -0.15) is 0 Å². The third kappa shape index (κ3) is 3.41. The maximum atomic E-state index is 6.14. The molecule has 0 saturated heterocycles. The van der Waals surface area contributed by atoms with Crippen molar-refractivity contribution in [3.8, 4) is 0 Å². The quantitative estimate of drug-likeness (QED) is 0.711. The first-order chi connectivity index (χ1) is 6.74. The van der Waals surface area contributed by atoms with E-state index in [1.54, 1.807) is 11.3 Å². The highest BCUT2D eigenvalue weighted by molar-refractivity contribution is 9.10. The smallest absolute Gasteiger partial charge is 0.192 e. The lowest BCUT2D eigenvalue weighted by atomic mass is 10.2. The van der Waals surface area contributed by atoms with Gasteiger partial charge in [-0.1, -0.05) is 20.8 Å². The molecule has 0 unspecified atom stereocenters. The Bertz CT molecular complexity index is 328. The number of halogens is 1. The summed E-state index contributed by atoms with van der Waals surface area (Å²) in [4.78, 5) is 1.29. The maximum Gasteiger partial charge on any atom is 0.192 e. The Morgan fingerprint density at radius 3 is 2.40 bits per heavy atom. The Hall–Kier alpha value is 0.357. The summed E-state index contributed by atoms with van der Waals surface area (Å²) in [6, 6.07) is 2.08. The minimum absolute atomic E-state index is 0.288. The van der Waals surface area contributed by atoms with E-state index in [1.807, 2.05) is 0 Å². The summed E-state index contributed by atoms with van der Waals surface area (Å²) in [6.07, 6.45) is 0. The normalized spacial score (nSPS) is 13.2. The van der Waals surface area contributed by atoms with E-state index in [2.05, 4.69) is 61.2 Å². The Kier molecular flexibility index (Phi) is 4.20. The predicted molar refractivity (Wildman–Crippen MR) is 74.0 cm³/mol. The first-order valence-electron chi connectivity index (χ1n) is 5.10. The van der Waals surface area contributed by atoms with Crippen LogP contribution in [0.1, 0.15) is 25.6 Å². The second kappa shape index (κ2) is 4.70. The average Bonchev–Trinajstić information content (AvgIpc) is 2.46. The van der Waals surface area contributed by atoms with E-state index in [0.717, 1.165) is 6.61 Å². The molecule has 0 amide bonds. The minimum Gasteiger partial charge on any atom is -0.412 e. The standard InChI is InChI=1S/C11H19BrOSSi/c1-11(2,3)15(4,5)13-8-10-9(12)6-7-14-10/h6-7H,8H2,1-5H3. The molecule has 0 N–H and O–H groups in total. The average molecular weight is 307 g/mol. The molecule has 0 radical (unpaired) electrons. The van der Waals surface area contributed by atoms with Gasteiger partial charge in [-0.3, -0.25) is 0 Å². The first kappa shape index (κ1) is 13.4. The predicted octanol–water partition coefficient (Wildman–Crippen LogP) is 5.03. The molecule has 0 atom stereocenters. The van der Waals surface area contributed by atoms with Gasteiger partial charge in [-0.25, -0.2) is 0 Å². The van der Waals surface area contributed by atoms with Crippen LogP contribution in [0.3, 0.4) is 0 Å². The Morgan fingerprint density at radius 1 is 1.40 bits per heavy atom. The van der Waals surface area contributed by atoms with Gasteiger partial charge in [0.15, 0.2) is 8.32 Å². The van der Waals surface area contributed by atoms with Gasteiger partial charge in [0.1, 0.15) is 0 Å². The topological polar surface area (TPSA) is 9.23 Å². The second-order valence-electron chi connectivity index (χ2n) is 5.24. The van der Waals surface area contributed by atoms with Gasteiger partial charge >= 0.3 is 0 Å². The van der Waals surface area contributed by atoms with Crippen LogP contribution < -0.4 is 0 Å². The summed E-state index contributed by atoms with van der Waals surface area (Å²) >= 11 is 5.28. The van der Waals surface area contributed by atoms with Gasteiger partial charge in [-0.15, -0.1) is 11.3 Å². The van der Waals surface area contributed by atoms with Crippen molar-refractivity contribution < 1.29 is 4.43 Å². The van der Waals surface area contributed by atoms with E-state index in [1.165, 1.54) is 9.35 Å². The van der Waals surface area contributed by atoms with E-state index in [0.29, 0.717) is 0 Å². The van der Waals surface area contributed by atoms with Crippen molar-refractivity contribution in [2.45, 2.75) is 45.5 Å². The van der Waals surface area contributed by atoms with Crippen molar-refractivity contribution in [2.75, 3.05) is 0 Å². The molecule has 0 aromatic carbocycles. The summed E-state index contributed by atoms with van der Waals surface area (Å²) in [6.45, 7) is 12.1. The van der Waals surface area contributed by atoms with Gasteiger partial charge in [-0.05, 0) is 45.5 Å². The molecule has 0 bridgehead atoms. The Balaban J connectivity index is 2.61. The van der Waals surface area contributed by atoms with Crippen molar-refractivity contribution in [1.82, 2.24) is 0 Å². The summed E-state index contributed by atoms with van der Waals surface area (Å²) in [5.74, 6) is 0. The van der Waals surface area contributed by atoms with Crippen LogP contribution in [0.2, 0.25) is 18.1 Å². The summed E-state index contributed by atoms with van der Waals surface area (Å²) in [7, 11) is -1.60. The molecule has 1 aromatic heterocycles. The molecule has 0 spiro atoms. The van der Waals surface area contributed by atoms with Crippen molar-refractivity contribution in [2.24, 2.45) is 0 Å². The zero-order chi connectivity index (χ0) is 11.7. The van der Waals surface area contributed by atoms with Gasteiger partial charge in [0, 0.05) is 9.35 Å². The zero-order valence-electron chi connectivity index (χ0n) is 10.1. The highest BCUT2D eigenvalue weighted by Crippen LogP contribution is 2.37. The van der Waals surface area contributed by atoms with Crippen molar-refractivity contribution in [1.29, 1.82) is 0 Å². The van der Waals surface area contributed by atoms with Crippen molar-refractivity contribution in [3.63, 3.8) is 0 Å². The largest absolute Gasteiger partial charge is 0.412 e. The van der Waals surface area contributed by atoms with Gasteiger partial charge < -0.3 is 4.43 Å². The molecule has 15 heavy (non-hydrogen) atoms. The first-order valence-corrected chi connectivity index (χ1v) is 9.68. The van der Waals surface area contributed by atoms with Crippen LogP contribution in [-0.4, -0.2) is 8.32 Å². The maximum absolute atomic E-state index is 6.14. The number of rotatable bonds is 3. The monoisotopic (exact) mass is 306 g/mol. The second-order valence-corrected chi connectivity index (χ2v) is 11.9. The fourth-order valence-electron chi connectivity index (χ4n) is 0.891. The van der Waals surface area contributed by atoms with Crippen LogP contribution >= 0.6 is 27.3 Å². The molecule has 86 valence electrons. The molecule has 0 aliphatic carbocycles. The number of hydrogen-bond acceptors (Lipinski definition) is 2. The third-order valence-corrected chi connectivity index (χ3v) is 9.44. The Morgan fingerprint density at radius 2 is 2.00 bits per heavy atom. The molecule has 1 nitrogen and oxygen atoms in total. The molecular formula is C11H19BrOSSi. The highest BCUT2D eigenvalue weighted by atomic mass is 79.9. The van der Waals surface area contributed by atoms with E-state index >= 15 is 0 Å². The molecule has 1 aromatic rings. The fourth-order valence-corrected chi connectivity index (χ4v) is 3.31. The molecule has 1 rings (SSSR count). The van der Waals surface area contributed by atoms with Crippen LogP contribution in [0, 0.1) is 0 Å². The van der Waals surface area contributed by atoms with E-state index in [-0.39, 0.29) is 5.04 Å². The van der Waals surface area contributed by atoms with Gasteiger partial charge in [0.2, 0.25) is 0 Å². The van der Waals surface area contributed by atoms with Gasteiger partial charge in [0.05, 0.1) is 6.61 Å². The van der Waals surface area contributed by atoms with Crippen LogP contribution in [0.25, 0.3) is 0 Å². The highest BCUT2D eigenvalue weighted by Gasteiger charge is 2.37. The summed E-state index contributed by atoms with van der Waals surface area (Å²) < 4.78 is 7.31. The molecule has 0 aliphatic rings. The summed E-state index contributed by atoms with van der Waals surface area (Å²) in [5, 5.41) is 2.38. The fraction of sp³-hybridized carbons (Fsp3) is 0.636. The lowest BCUT2D eigenvalue weighted by molar-refractivity contribution is 0.279. The van der Waals surface area contributed by atoms with Crippen LogP contribution in [0.5, 0.6) is 0 Å². The molecule has 4 heteroatoms. The van der Waals surface area contributed by atoms with Crippen molar-refractivity contribution >= 4 is 35.6 Å². The van der Waals surface area contributed by atoms with Crippen LogP contribution in [-0.2, 0) is 11.0 Å². The zero-order valence-corrected chi connectivity index (χ0v) is 13.5. The molecule has 1 heterocycles. The molecular weight excluding hydrogens is 288 g/mol. The molecule has 0 saturated carbocycles. The lowest BCUT2D eigenvalue weighted by Crippen LogP contribution is -2.40. The minimum atomic E-state index is -1.60. The van der Waals surface area contributed by atoms with E-state index in [9.17, 15) is 0 Å². The lowest BCUT2D eigenvalue weighted by Gasteiger charge is -2.36. The molecule has 0 fully saturated rings. The van der Waals surface area contributed by atoms with Crippen LogP contribution in [0.4, 0.5) is 0 Å². The van der Waals surface area contributed by atoms with Crippen LogP contribution in [0.15, 0.2) is 15.9 Å². The van der Waals surface area contributed by atoms with Crippen molar-refractivity contribution in [3.05, 3.63) is 20.8 Å². The van der Waals surface area contributed by atoms with Gasteiger partial charge in [0.25, 0.3) is 0 Å². The van der Waals surface area contributed by atoms with E-state index < -0.39 is 8.32 Å².